The van der Waals surface area contributed by atoms with Crippen molar-refractivity contribution in [3.63, 3.8) is 0 Å². The summed E-state index contributed by atoms with van der Waals surface area (Å²) in [6.45, 7) is 0. The molecular formula is C17H18FNO3S. The molecule has 6 heteroatoms. The Morgan fingerprint density at radius 1 is 1.22 bits per heavy atom. The summed E-state index contributed by atoms with van der Waals surface area (Å²) in [5.41, 5.74) is 2.21. The number of nitrogens with zero attached hydrogens (tertiary/aromatic N) is 1. The smallest absolute Gasteiger partial charge is 0.243 e. The molecule has 4 nitrogen and oxygen atoms in total. The third-order valence-electron chi connectivity index (χ3n) is 4.34. The van der Waals surface area contributed by atoms with Gasteiger partial charge < -0.3 is 4.74 Å². The molecule has 2 aromatic carbocycles. The van der Waals surface area contributed by atoms with Gasteiger partial charge >= 0.3 is 0 Å². The Labute approximate surface area is 135 Å². The van der Waals surface area contributed by atoms with E-state index in [9.17, 15) is 12.8 Å². The zero-order chi connectivity index (χ0) is 16.6. The van der Waals surface area contributed by atoms with E-state index in [2.05, 4.69) is 0 Å². The minimum absolute atomic E-state index is 0.0302. The van der Waals surface area contributed by atoms with E-state index in [4.69, 9.17) is 4.74 Å². The summed E-state index contributed by atoms with van der Waals surface area (Å²) in [4.78, 5) is 0.0302. The van der Waals surface area contributed by atoms with Gasteiger partial charge in [-0.3, -0.25) is 0 Å². The predicted octanol–water partition coefficient (Wildman–Crippen LogP) is 3.14. The number of methoxy groups -OCH3 is 1. The van der Waals surface area contributed by atoms with Gasteiger partial charge in [-0.15, -0.1) is 0 Å². The number of hydrogen-bond donors (Lipinski definition) is 0. The Bertz CT molecular complexity index is 835. The Morgan fingerprint density at radius 2 is 1.96 bits per heavy atom. The van der Waals surface area contributed by atoms with Crippen molar-refractivity contribution in [1.82, 2.24) is 4.31 Å². The highest BCUT2D eigenvalue weighted by Crippen LogP contribution is 2.37. The van der Waals surface area contributed by atoms with Crippen LogP contribution in [0.2, 0.25) is 0 Å². The van der Waals surface area contributed by atoms with E-state index in [-0.39, 0.29) is 16.7 Å². The SMILES string of the molecule is COc1cc(S(=O)(=O)N(C)C2CCc3ccccc32)ccc1F. The molecular weight excluding hydrogens is 317 g/mol. The van der Waals surface area contributed by atoms with Crippen LogP contribution in [0.3, 0.4) is 0 Å². The lowest BCUT2D eigenvalue weighted by Gasteiger charge is -2.25. The molecule has 0 bridgehead atoms. The Morgan fingerprint density at radius 3 is 2.70 bits per heavy atom. The van der Waals surface area contributed by atoms with Crippen LogP contribution >= 0.6 is 0 Å². The molecule has 23 heavy (non-hydrogen) atoms. The number of rotatable bonds is 4. The van der Waals surface area contributed by atoms with Crippen LogP contribution in [-0.2, 0) is 16.4 Å². The first-order valence-electron chi connectivity index (χ1n) is 7.34. The fourth-order valence-electron chi connectivity index (χ4n) is 3.05. The largest absolute Gasteiger partial charge is 0.494 e. The third-order valence-corrected chi connectivity index (χ3v) is 6.20. The standard InChI is InChI=1S/C17H18FNO3S/c1-19(16-10-7-12-5-3-4-6-14(12)16)23(20,21)13-8-9-15(18)17(11-13)22-2/h3-6,8-9,11,16H,7,10H2,1-2H3. The molecule has 1 aliphatic carbocycles. The molecule has 0 saturated carbocycles. The van der Waals surface area contributed by atoms with Crippen molar-refractivity contribution in [2.24, 2.45) is 0 Å². The van der Waals surface area contributed by atoms with Gasteiger partial charge in [-0.05, 0) is 36.1 Å². The van der Waals surface area contributed by atoms with Gasteiger partial charge in [0.25, 0.3) is 0 Å². The Hall–Kier alpha value is -1.92. The van der Waals surface area contributed by atoms with Crippen molar-refractivity contribution >= 4 is 10.0 Å². The molecule has 0 N–H and O–H groups in total. The minimum atomic E-state index is -3.73. The molecule has 0 fully saturated rings. The molecule has 1 aliphatic rings. The van der Waals surface area contributed by atoms with Crippen LogP contribution in [0.25, 0.3) is 0 Å². The first kappa shape index (κ1) is 16.0. The van der Waals surface area contributed by atoms with Crippen LogP contribution in [0.5, 0.6) is 5.75 Å². The van der Waals surface area contributed by atoms with Crippen LogP contribution in [0.4, 0.5) is 4.39 Å². The highest BCUT2D eigenvalue weighted by Gasteiger charge is 2.33. The molecule has 1 atom stereocenters. The second kappa shape index (κ2) is 5.94. The lowest BCUT2D eigenvalue weighted by molar-refractivity contribution is 0.371. The van der Waals surface area contributed by atoms with E-state index < -0.39 is 15.8 Å². The Balaban J connectivity index is 1.97. The van der Waals surface area contributed by atoms with Gasteiger partial charge in [-0.25, -0.2) is 12.8 Å². The van der Waals surface area contributed by atoms with Gasteiger partial charge in [0.15, 0.2) is 11.6 Å². The van der Waals surface area contributed by atoms with E-state index in [1.165, 1.54) is 29.1 Å². The number of hydrogen-bond acceptors (Lipinski definition) is 3. The predicted molar refractivity (Wildman–Crippen MR) is 85.4 cm³/mol. The van der Waals surface area contributed by atoms with Gasteiger partial charge in [-0.2, -0.15) is 4.31 Å². The highest BCUT2D eigenvalue weighted by atomic mass is 32.2. The molecule has 0 spiro atoms. The summed E-state index contributed by atoms with van der Waals surface area (Å²) < 4.78 is 45.5. The maximum absolute atomic E-state index is 13.5. The zero-order valence-corrected chi connectivity index (χ0v) is 13.8. The zero-order valence-electron chi connectivity index (χ0n) is 13.0. The summed E-state index contributed by atoms with van der Waals surface area (Å²) in [5.74, 6) is -0.661. The summed E-state index contributed by atoms with van der Waals surface area (Å²) in [7, 11) is -0.849. The second-order valence-corrected chi connectivity index (χ2v) is 7.57. The number of ether oxygens (including phenoxy) is 1. The third kappa shape index (κ3) is 2.72. The number of aryl methyl sites for hydroxylation is 1. The molecule has 0 aromatic heterocycles. The molecule has 0 saturated heterocycles. The molecule has 1 unspecified atom stereocenters. The van der Waals surface area contributed by atoms with Gasteiger partial charge in [-0.1, -0.05) is 24.3 Å². The van der Waals surface area contributed by atoms with Crippen molar-refractivity contribution in [3.8, 4) is 5.75 Å². The molecule has 0 aliphatic heterocycles. The van der Waals surface area contributed by atoms with E-state index in [1.807, 2.05) is 24.3 Å². The molecule has 0 amide bonds. The average Bonchev–Trinajstić information content (AvgIpc) is 2.98. The van der Waals surface area contributed by atoms with Crippen molar-refractivity contribution in [3.05, 3.63) is 59.4 Å². The van der Waals surface area contributed by atoms with Crippen LogP contribution in [0, 0.1) is 5.82 Å². The quantitative estimate of drug-likeness (QED) is 0.862. The number of benzene rings is 2. The second-order valence-electron chi connectivity index (χ2n) is 5.57. The van der Waals surface area contributed by atoms with Gasteiger partial charge in [0.1, 0.15) is 0 Å². The van der Waals surface area contributed by atoms with Crippen LogP contribution < -0.4 is 4.74 Å². The van der Waals surface area contributed by atoms with Gasteiger partial charge in [0.2, 0.25) is 10.0 Å². The van der Waals surface area contributed by atoms with Crippen molar-refractivity contribution in [1.29, 1.82) is 0 Å². The minimum Gasteiger partial charge on any atom is -0.494 e. The van der Waals surface area contributed by atoms with E-state index in [0.717, 1.165) is 24.5 Å². The fourth-order valence-corrected chi connectivity index (χ4v) is 4.43. The first-order valence-corrected chi connectivity index (χ1v) is 8.78. The highest BCUT2D eigenvalue weighted by molar-refractivity contribution is 7.89. The molecule has 0 heterocycles. The molecule has 2 aromatic rings. The summed E-state index contributed by atoms with van der Waals surface area (Å²) in [6.07, 6.45) is 1.60. The number of halogens is 1. The summed E-state index contributed by atoms with van der Waals surface area (Å²) >= 11 is 0. The van der Waals surface area contributed by atoms with Gasteiger partial charge in [0, 0.05) is 13.1 Å². The Kier molecular flexibility index (Phi) is 4.12. The molecule has 122 valence electrons. The number of fused-ring (bicyclic) bond motifs is 1. The summed E-state index contributed by atoms with van der Waals surface area (Å²) in [5, 5.41) is 0. The first-order chi connectivity index (χ1) is 10.9. The van der Waals surface area contributed by atoms with Crippen LogP contribution in [0.15, 0.2) is 47.4 Å². The van der Waals surface area contributed by atoms with Crippen molar-refractivity contribution in [2.75, 3.05) is 14.2 Å². The average molecular weight is 335 g/mol. The molecule has 0 radical (unpaired) electrons. The lowest BCUT2D eigenvalue weighted by atomic mass is 10.1. The van der Waals surface area contributed by atoms with Crippen molar-refractivity contribution in [2.45, 2.75) is 23.8 Å². The lowest BCUT2D eigenvalue weighted by Crippen LogP contribution is -2.30. The van der Waals surface area contributed by atoms with Crippen molar-refractivity contribution < 1.29 is 17.5 Å². The maximum Gasteiger partial charge on any atom is 0.243 e. The van der Waals surface area contributed by atoms with Gasteiger partial charge in [0.05, 0.1) is 18.0 Å². The number of sulfonamides is 1. The van der Waals surface area contributed by atoms with E-state index >= 15 is 0 Å². The fraction of sp³-hybridized carbons (Fsp3) is 0.294. The monoisotopic (exact) mass is 335 g/mol. The van der Waals surface area contributed by atoms with E-state index in [0.29, 0.717) is 0 Å². The normalized spacial score (nSPS) is 17.3. The van der Waals surface area contributed by atoms with Crippen LogP contribution in [0.1, 0.15) is 23.6 Å². The van der Waals surface area contributed by atoms with E-state index in [1.54, 1.807) is 7.05 Å². The topological polar surface area (TPSA) is 46.6 Å². The maximum atomic E-state index is 13.5. The van der Waals surface area contributed by atoms with Crippen LogP contribution in [-0.4, -0.2) is 26.9 Å². The summed E-state index contributed by atoms with van der Waals surface area (Å²) in [6, 6.07) is 11.3. The molecule has 3 rings (SSSR count).